The SMILES string of the molecule is C=CCn1c(COC(=O)C(=C)C)cnc1Cc1ccccc1. The number of esters is 1. The fourth-order valence-electron chi connectivity index (χ4n) is 2.10. The maximum atomic E-state index is 11.5. The minimum absolute atomic E-state index is 0.182. The monoisotopic (exact) mass is 296 g/mol. The predicted molar refractivity (Wildman–Crippen MR) is 86.3 cm³/mol. The molecule has 0 aliphatic rings. The van der Waals surface area contributed by atoms with E-state index in [2.05, 4.69) is 30.3 Å². The highest BCUT2D eigenvalue weighted by molar-refractivity contribution is 5.86. The smallest absolute Gasteiger partial charge is 0.333 e. The third-order valence-electron chi connectivity index (χ3n) is 3.24. The zero-order chi connectivity index (χ0) is 15.9. The molecule has 0 aliphatic heterocycles. The van der Waals surface area contributed by atoms with Gasteiger partial charge in [-0.2, -0.15) is 0 Å². The molecule has 22 heavy (non-hydrogen) atoms. The summed E-state index contributed by atoms with van der Waals surface area (Å²) in [4.78, 5) is 16.0. The number of imidazole rings is 1. The van der Waals surface area contributed by atoms with Gasteiger partial charge in [0.1, 0.15) is 12.4 Å². The van der Waals surface area contributed by atoms with Crippen LogP contribution in [0.15, 0.2) is 61.3 Å². The largest absolute Gasteiger partial charge is 0.456 e. The number of hydrogen-bond donors (Lipinski definition) is 0. The molecule has 0 N–H and O–H groups in total. The van der Waals surface area contributed by atoms with Crippen molar-refractivity contribution in [2.75, 3.05) is 0 Å². The number of carbonyl (C=O) groups is 1. The third kappa shape index (κ3) is 3.95. The Labute approximate surface area is 130 Å². The fraction of sp³-hybridized carbons (Fsp3) is 0.222. The summed E-state index contributed by atoms with van der Waals surface area (Å²) in [6.07, 6.45) is 4.27. The first-order chi connectivity index (χ1) is 10.6. The lowest BCUT2D eigenvalue weighted by Crippen LogP contribution is -2.11. The van der Waals surface area contributed by atoms with Crippen LogP contribution in [0.1, 0.15) is 24.0 Å². The first-order valence-corrected chi connectivity index (χ1v) is 7.12. The Kier molecular flexibility index (Phi) is 5.31. The lowest BCUT2D eigenvalue weighted by Gasteiger charge is -2.10. The second kappa shape index (κ2) is 7.41. The summed E-state index contributed by atoms with van der Waals surface area (Å²) in [7, 11) is 0. The lowest BCUT2D eigenvalue weighted by atomic mass is 10.1. The molecule has 1 aromatic carbocycles. The molecule has 0 saturated carbocycles. The number of rotatable bonds is 7. The van der Waals surface area contributed by atoms with Crippen LogP contribution in [0, 0.1) is 0 Å². The van der Waals surface area contributed by atoms with Crippen molar-refractivity contribution in [2.24, 2.45) is 0 Å². The standard InChI is InChI=1S/C18H20N2O2/c1-4-10-20-16(13-22-18(21)14(2)3)12-19-17(20)11-15-8-6-5-7-9-15/h4-9,12H,1-2,10-11,13H2,3H3. The van der Waals surface area contributed by atoms with Gasteiger partial charge in [-0.05, 0) is 12.5 Å². The number of aromatic nitrogens is 2. The topological polar surface area (TPSA) is 44.1 Å². The minimum Gasteiger partial charge on any atom is -0.456 e. The van der Waals surface area contributed by atoms with Crippen LogP contribution < -0.4 is 0 Å². The van der Waals surface area contributed by atoms with Gasteiger partial charge in [0.2, 0.25) is 0 Å². The van der Waals surface area contributed by atoms with Crippen LogP contribution in [-0.2, 0) is 29.1 Å². The molecule has 114 valence electrons. The number of benzene rings is 1. The summed E-state index contributed by atoms with van der Waals surface area (Å²) in [5, 5.41) is 0. The second-order valence-corrected chi connectivity index (χ2v) is 5.08. The van der Waals surface area contributed by atoms with Gasteiger partial charge in [-0.3, -0.25) is 0 Å². The Balaban J connectivity index is 2.16. The zero-order valence-electron chi connectivity index (χ0n) is 12.8. The van der Waals surface area contributed by atoms with E-state index in [1.165, 1.54) is 5.56 Å². The molecule has 0 bridgehead atoms. The fourth-order valence-corrected chi connectivity index (χ4v) is 2.10. The third-order valence-corrected chi connectivity index (χ3v) is 3.24. The molecular weight excluding hydrogens is 276 g/mol. The summed E-state index contributed by atoms with van der Waals surface area (Å²) < 4.78 is 7.23. The van der Waals surface area contributed by atoms with Crippen LogP contribution in [0.5, 0.6) is 0 Å². The van der Waals surface area contributed by atoms with Gasteiger partial charge in [0.15, 0.2) is 0 Å². The van der Waals surface area contributed by atoms with E-state index in [4.69, 9.17) is 4.74 Å². The van der Waals surface area contributed by atoms with E-state index in [9.17, 15) is 4.79 Å². The van der Waals surface area contributed by atoms with Gasteiger partial charge in [0.05, 0.1) is 11.9 Å². The number of ether oxygens (including phenoxy) is 1. The van der Waals surface area contributed by atoms with Gasteiger partial charge < -0.3 is 9.30 Å². The van der Waals surface area contributed by atoms with Gasteiger partial charge in [-0.15, -0.1) is 6.58 Å². The van der Waals surface area contributed by atoms with Gasteiger partial charge in [0.25, 0.3) is 0 Å². The van der Waals surface area contributed by atoms with E-state index in [0.717, 1.165) is 17.9 Å². The molecule has 0 atom stereocenters. The van der Waals surface area contributed by atoms with Crippen LogP contribution in [0.3, 0.4) is 0 Å². The highest BCUT2D eigenvalue weighted by atomic mass is 16.5. The van der Waals surface area contributed by atoms with E-state index in [0.29, 0.717) is 12.1 Å². The average molecular weight is 296 g/mol. The van der Waals surface area contributed by atoms with E-state index in [-0.39, 0.29) is 6.61 Å². The van der Waals surface area contributed by atoms with Crippen molar-refractivity contribution in [1.29, 1.82) is 0 Å². The normalized spacial score (nSPS) is 10.2. The molecule has 0 radical (unpaired) electrons. The molecule has 1 heterocycles. The molecule has 1 aromatic heterocycles. The molecule has 0 aliphatic carbocycles. The van der Waals surface area contributed by atoms with Crippen LogP contribution in [0.2, 0.25) is 0 Å². The quantitative estimate of drug-likeness (QED) is 0.447. The second-order valence-electron chi connectivity index (χ2n) is 5.08. The van der Waals surface area contributed by atoms with Crippen molar-refractivity contribution in [3.8, 4) is 0 Å². The van der Waals surface area contributed by atoms with Crippen molar-refractivity contribution in [2.45, 2.75) is 26.5 Å². The number of hydrogen-bond acceptors (Lipinski definition) is 3. The Bertz CT molecular complexity index is 672. The Hall–Kier alpha value is -2.62. The molecular formula is C18H20N2O2. The van der Waals surface area contributed by atoms with Crippen LogP contribution in [-0.4, -0.2) is 15.5 Å². The summed E-state index contributed by atoms with van der Waals surface area (Å²) in [5.41, 5.74) is 2.42. The molecule has 2 aromatic rings. The highest BCUT2D eigenvalue weighted by Crippen LogP contribution is 2.13. The first-order valence-electron chi connectivity index (χ1n) is 7.12. The molecule has 4 nitrogen and oxygen atoms in total. The first kappa shape index (κ1) is 15.8. The van der Waals surface area contributed by atoms with Crippen LogP contribution in [0.25, 0.3) is 0 Å². The van der Waals surface area contributed by atoms with Crippen LogP contribution in [0.4, 0.5) is 0 Å². The van der Waals surface area contributed by atoms with Crippen molar-refractivity contribution in [3.63, 3.8) is 0 Å². The van der Waals surface area contributed by atoms with Crippen molar-refractivity contribution in [1.82, 2.24) is 9.55 Å². The average Bonchev–Trinajstić information content (AvgIpc) is 2.88. The molecule has 0 unspecified atom stereocenters. The molecule has 4 heteroatoms. The van der Waals surface area contributed by atoms with Gasteiger partial charge in [-0.25, -0.2) is 9.78 Å². The van der Waals surface area contributed by atoms with E-state index in [1.54, 1.807) is 19.2 Å². The summed E-state index contributed by atoms with van der Waals surface area (Å²) in [6.45, 7) is 9.79. The van der Waals surface area contributed by atoms with Crippen molar-refractivity contribution >= 4 is 5.97 Å². The summed E-state index contributed by atoms with van der Waals surface area (Å²) in [5.74, 6) is 0.531. The Morgan fingerprint density at radius 3 is 2.73 bits per heavy atom. The molecule has 0 spiro atoms. The summed E-state index contributed by atoms with van der Waals surface area (Å²) >= 11 is 0. The summed E-state index contributed by atoms with van der Waals surface area (Å²) in [6, 6.07) is 10.1. The lowest BCUT2D eigenvalue weighted by molar-refractivity contribution is -0.140. The van der Waals surface area contributed by atoms with E-state index < -0.39 is 5.97 Å². The zero-order valence-corrected chi connectivity index (χ0v) is 12.8. The van der Waals surface area contributed by atoms with Gasteiger partial charge in [-0.1, -0.05) is 43.0 Å². The number of allylic oxidation sites excluding steroid dienone is 1. The predicted octanol–water partition coefficient (Wildman–Crippen LogP) is 3.28. The molecule has 0 fully saturated rings. The number of carbonyl (C=O) groups excluding carboxylic acids is 1. The Morgan fingerprint density at radius 2 is 2.09 bits per heavy atom. The van der Waals surface area contributed by atoms with Gasteiger partial charge >= 0.3 is 5.97 Å². The number of nitrogens with zero attached hydrogens (tertiary/aromatic N) is 2. The maximum Gasteiger partial charge on any atom is 0.333 e. The van der Waals surface area contributed by atoms with Crippen molar-refractivity contribution in [3.05, 3.63) is 78.4 Å². The molecule has 2 rings (SSSR count). The Morgan fingerprint density at radius 1 is 1.36 bits per heavy atom. The molecule has 0 amide bonds. The molecule has 0 saturated heterocycles. The van der Waals surface area contributed by atoms with Crippen LogP contribution >= 0.6 is 0 Å². The minimum atomic E-state index is -0.393. The van der Waals surface area contributed by atoms with E-state index in [1.807, 2.05) is 22.8 Å². The highest BCUT2D eigenvalue weighted by Gasteiger charge is 2.12. The maximum absolute atomic E-state index is 11.5. The van der Waals surface area contributed by atoms with E-state index >= 15 is 0 Å². The van der Waals surface area contributed by atoms with Gasteiger partial charge in [0, 0.05) is 18.5 Å². The van der Waals surface area contributed by atoms with Crippen molar-refractivity contribution < 1.29 is 9.53 Å².